The van der Waals surface area contributed by atoms with E-state index in [0.29, 0.717) is 5.75 Å². The molecule has 1 aliphatic heterocycles. The summed E-state index contributed by atoms with van der Waals surface area (Å²) in [4.78, 5) is 46.4. The van der Waals surface area contributed by atoms with Crippen LogP contribution in [-0.4, -0.2) is 63.1 Å². The van der Waals surface area contributed by atoms with E-state index in [4.69, 9.17) is 4.74 Å². The molecule has 0 bridgehead atoms. The van der Waals surface area contributed by atoms with E-state index in [9.17, 15) is 23.9 Å². The average molecular weight is 574 g/mol. The number of hydrogen-bond donors (Lipinski definition) is 2. The van der Waals surface area contributed by atoms with Gasteiger partial charge in [0.1, 0.15) is 11.8 Å². The molecule has 4 rings (SSSR count). The van der Waals surface area contributed by atoms with Crippen molar-refractivity contribution >= 4 is 28.9 Å². The van der Waals surface area contributed by atoms with E-state index in [0.717, 1.165) is 21.7 Å². The number of amides is 2. The molecule has 2 heterocycles. The van der Waals surface area contributed by atoms with E-state index in [-0.39, 0.29) is 44.9 Å². The van der Waals surface area contributed by atoms with Gasteiger partial charge in [0.15, 0.2) is 11.5 Å². The standard InChI is InChI=1S/C30H40FN3O5S/c1-17(2)39-24-11-19(26-18(3)33-16-40-26)7-8-20(24)14-32-27(37)23-12-21(35)15-34(23)28(38)22(29(4,5)6)13-25(36)30(31)9-10-30/h7-8,11,16-17,21-23,35H,9-10,12-15H2,1-6H3,(H,32,37)/t21-,22-,23+/m1/s1. The summed E-state index contributed by atoms with van der Waals surface area (Å²) in [5.41, 5.74) is 2.03. The second kappa shape index (κ2) is 11.6. The second-order valence-corrected chi connectivity index (χ2v) is 13.2. The average Bonchev–Trinajstić information content (AvgIpc) is 3.28. The van der Waals surface area contributed by atoms with Gasteiger partial charge < -0.3 is 20.1 Å². The first-order valence-corrected chi connectivity index (χ1v) is 14.8. The number of β-amino-alcohol motifs (C(OH)–C–C–N with tert-alkyl or cyclic N) is 1. The number of carbonyl (C=O) groups is 3. The largest absolute Gasteiger partial charge is 0.491 e. The maximum Gasteiger partial charge on any atom is 0.243 e. The summed E-state index contributed by atoms with van der Waals surface area (Å²) in [5.74, 6) is -1.52. The number of benzene rings is 1. The number of nitrogens with one attached hydrogen (secondary N) is 1. The number of aryl methyl sites for hydroxylation is 1. The van der Waals surface area contributed by atoms with Crippen LogP contribution < -0.4 is 10.1 Å². The number of rotatable bonds is 10. The third-order valence-electron chi connectivity index (χ3n) is 7.68. The number of likely N-dealkylation sites (tertiary alicyclic amines) is 1. The number of aliphatic hydroxyl groups is 1. The first-order chi connectivity index (χ1) is 18.7. The van der Waals surface area contributed by atoms with Crippen LogP contribution in [0.4, 0.5) is 4.39 Å². The number of alkyl halides is 1. The lowest BCUT2D eigenvalue weighted by Gasteiger charge is -2.35. The molecule has 8 nitrogen and oxygen atoms in total. The van der Waals surface area contributed by atoms with Crippen LogP contribution in [0.15, 0.2) is 23.7 Å². The molecule has 2 fully saturated rings. The fourth-order valence-electron chi connectivity index (χ4n) is 5.11. The molecule has 0 radical (unpaired) electrons. The fraction of sp³-hybridized carbons (Fsp3) is 0.600. The number of nitrogens with zero attached hydrogens (tertiary/aromatic N) is 2. The third kappa shape index (κ3) is 6.71. The maximum atomic E-state index is 14.5. The van der Waals surface area contributed by atoms with Gasteiger partial charge >= 0.3 is 0 Å². The van der Waals surface area contributed by atoms with E-state index >= 15 is 0 Å². The lowest BCUT2D eigenvalue weighted by molar-refractivity contribution is -0.147. The normalized spacial score (nSPS) is 20.9. The lowest BCUT2D eigenvalue weighted by atomic mass is 9.76. The van der Waals surface area contributed by atoms with Gasteiger partial charge in [0.05, 0.1) is 28.3 Å². The Bertz CT molecular complexity index is 1270. The minimum atomic E-state index is -1.82. The molecule has 40 heavy (non-hydrogen) atoms. The molecule has 1 aromatic carbocycles. The van der Waals surface area contributed by atoms with Crippen LogP contribution in [0.2, 0.25) is 0 Å². The Hall–Kier alpha value is -2.85. The van der Waals surface area contributed by atoms with E-state index in [1.807, 2.05) is 59.7 Å². The van der Waals surface area contributed by atoms with Crippen LogP contribution in [0.25, 0.3) is 10.4 Å². The van der Waals surface area contributed by atoms with Crippen LogP contribution >= 0.6 is 11.3 Å². The molecule has 2 amide bonds. The number of ketones is 1. The van der Waals surface area contributed by atoms with Gasteiger partial charge in [-0.2, -0.15) is 0 Å². The quantitative estimate of drug-likeness (QED) is 0.430. The smallest absolute Gasteiger partial charge is 0.243 e. The topological polar surface area (TPSA) is 109 Å². The van der Waals surface area contributed by atoms with Gasteiger partial charge in [-0.1, -0.05) is 32.9 Å². The minimum absolute atomic E-state index is 0.0108. The van der Waals surface area contributed by atoms with Gasteiger partial charge in [-0.3, -0.25) is 14.4 Å². The zero-order valence-corrected chi connectivity index (χ0v) is 24.9. The third-order valence-corrected chi connectivity index (χ3v) is 8.65. The lowest BCUT2D eigenvalue weighted by Crippen LogP contribution is -2.50. The molecule has 1 saturated heterocycles. The van der Waals surface area contributed by atoms with Gasteiger partial charge in [0.25, 0.3) is 0 Å². The van der Waals surface area contributed by atoms with Crippen LogP contribution in [0.3, 0.4) is 0 Å². The predicted octanol–water partition coefficient (Wildman–Crippen LogP) is 4.61. The van der Waals surface area contributed by atoms with Crippen molar-refractivity contribution in [1.82, 2.24) is 15.2 Å². The van der Waals surface area contributed by atoms with Crippen molar-refractivity contribution in [3.05, 3.63) is 35.0 Å². The number of hydrogen-bond acceptors (Lipinski definition) is 7. The highest BCUT2D eigenvalue weighted by atomic mass is 32.1. The van der Waals surface area contributed by atoms with Crippen molar-refractivity contribution in [2.45, 2.75) is 97.7 Å². The van der Waals surface area contributed by atoms with Gasteiger partial charge in [-0.15, -0.1) is 11.3 Å². The molecule has 1 saturated carbocycles. The highest BCUT2D eigenvalue weighted by Gasteiger charge is 2.53. The highest BCUT2D eigenvalue weighted by molar-refractivity contribution is 7.13. The Morgan fingerprint density at radius 2 is 1.98 bits per heavy atom. The predicted molar refractivity (Wildman–Crippen MR) is 152 cm³/mol. The van der Waals surface area contributed by atoms with Gasteiger partial charge in [-0.05, 0) is 50.7 Å². The fourth-order valence-corrected chi connectivity index (χ4v) is 5.91. The van der Waals surface area contributed by atoms with Crippen molar-refractivity contribution in [2.24, 2.45) is 11.3 Å². The Kier molecular flexibility index (Phi) is 8.71. The zero-order chi connectivity index (χ0) is 29.4. The van der Waals surface area contributed by atoms with Crippen molar-refractivity contribution in [3.63, 3.8) is 0 Å². The van der Waals surface area contributed by atoms with Crippen molar-refractivity contribution in [1.29, 1.82) is 0 Å². The summed E-state index contributed by atoms with van der Waals surface area (Å²) in [6, 6.07) is 4.92. The van der Waals surface area contributed by atoms with Gasteiger partial charge in [0.2, 0.25) is 11.8 Å². The summed E-state index contributed by atoms with van der Waals surface area (Å²) < 4.78 is 20.5. The van der Waals surface area contributed by atoms with Crippen LogP contribution in [0.5, 0.6) is 5.75 Å². The highest BCUT2D eigenvalue weighted by Crippen LogP contribution is 2.44. The molecular formula is C30H40FN3O5S. The number of halogens is 1. The minimum Gasteiger partial charge on any atom is -0.491 e. The maximum absolute atomic E-state index is 14.5. The molecule has 10 heteroatoms. The van der Waals surface area contributed by atoms with Crippen molar-refractivity contribution in [3.8, 4) is 16.2 Å². The molecule has 1 aromatic heterocycles. The molecule has 218 valence electrons. The van der Waals surface area contributed by atoms with Crippen LogP contribution in [0.1, 0.15) is 71.6 Å². The Labute approximate surface area is 239 Å². The Morgan fingerprint density at radius 1 is 1.27 bits per heavy atom. The Balaban J connectivity index is 1.49. The number of aromatic nitrogens is 1. The van der Waals surface area contributed by atoms with E-state index in [2.05, 4.69) is 10.3 Å². The second-order valence-electron chi connectivity index (χ2n) is 12.4. The van der Waals surface area contributed by atoms with Crippen molar-refractivity contribution in [2.75, 3.05) is 6.54 Å². The van der Waals surface area contributed by atoms with Gasteiger partial charge in [-0.25, -0.2) is 9.37 Å². The summed E-state index contributed by atoms with van der Waals surface area (Å²) in [6.07, 6.45) is -0.694. The number of ether oxygens (including phenoxy) is 1. The van der Waals surface area contributed by atoms with Crippen molar-refractivity contribution < 1.29 is 28.6 Å². The van der Waals surface area contributed by atoms with Crippen LogP contribution in [0, 0.1) is 18.3 Å². The molecule has 2 aromatic rings. The van der Waals surface area contributed by atoms with E-state index in [1.54, 1.807) is 16.8 Å². The number of thiazole rings is 1. The number of carbonyl (C=O) groups excluding carboxylic acids is 3. The molecule has 0 unspecified atom stereocenters. The van der Waals surface area contributed by atoms with E-state index < -0.39 is 46.7 Å². The summed E-state index contributed by atoms with van der Waals surface area (Å²) in [7, 11) is 0. The van der Waals surface area contributed by atoms with E-state index in [1.165, 1.54) is 4.90 Å². The molecule has 2 aliphatic rings. The zero-order valence-electron chi connectivity index (χ0n) is 24.1. The summed E-state index contributed by atoms with van der Waals surface area (Å²) >= 11 is 1.55. The molecule has 2 N–H and O–H groups in total. The SMILES string of the molecule is Cc1ncsc1-c1ccc(CNC(=O)[C@@H]2C[C@@H](O)CN2C(=O)[C@@H](CC(=O)C2(F)CC2)C(C)(C)C)c(OC(C)C)c1. The number of Topliss-reactive ketones (excluding diaryl/α,β-unsaturated/α-hetero) is 1. The monoisotopic (exact) mass is 573 g/mol. The first-order valence-electron chi connectivity index (χ1n) is 13.9. The molecular weight excluding hydrogens is 533 g/mol. The number of aliphatic hydroxyl groups excluding tert-OH is 1. The Morgan fingerprint density at radius 3 is 2.55 bits per heavy atom. The molecule has 1 aliphatic carbocycles. The summed E-state index contributed by atoms with van der Waals surface area (Å²) in [5, 5.41) is 13.3. The first kappa shape index (κ1) is 30.1. The molecule has 0 spiro atoms. The van der Waals surface area contributed by atoms with Crippen LogP contribution in [-0.2, 0) is 20.9 Å². The summed E-state index contributed by atoms with van der Waals surface area (Å²) in [6.45, 7) is 11.5. The van der Waals surface area contributed by atoms with Gasteiger partial charge in [0, 0.05) is 37.4 Å². The molecule has 3 atom stereocenters.